The van der Waals surface area contributed by atoms with Crippen molar-refractivity contribution in [2.75, 3.05) is 17.3 Å². The van der Waals surface area contributed by atoms with Gasteiger partial charge in [0.25, 0.3) is 5.91 Å². The van der Waals surface area contributed by atoms with Crippen LogP contribution in [0.25, 0.3) is 6.08 Å². The van der Waals surface area contributed by atoms with Crippen LogP contribution < -0.4 is 10.2 Å². The van der Waals surface area contributed by atoms with Crippen LogP contribution in [0.3, 0.4) is 0 Å². The molecule has 2 aromatic carbocycles. The SMILES string of the molecule is C[C@H]1CC(C)(C)N(C)c2cc(Cl)c(/C=C(/C#N)C(=O)Nc3ccccc3)cc21. The zero-order valence-corrected chi connectivity index (χ0v) is 17.3. The summed E-state index contributed by atoms with van der Waals surface area (Å²) in [5.74, 6) is -0.0944. The number of hydrogen-bond donors (Lipinski definition) is 1. The van der Waals surface area contributed by atoms with Crippen molar-refractivity contribution in [2.45, 2.75) is 38.6 Å². The van der Waals surface area contributed by atoms with Gasteiger partial charge < -0.3 is 10.2 Å². The first kappa shape index (κ1) is 20.0. The Bertz CT molecular complexity index is 973. The van der Waals surface area contributed by atoms with Crippen LogP contribution in [0.2, 0.25) is 5.02 Å². The minimum absolute atomic E-state index is 0.0165. The summed E-state index contributed by atoms with van der Waals surface area (Å²) in [6.45, 7) is 6.63. The molecule has 1 N–H and O–H groups in total. The lowest BCUT2D eigenvalue weighted by atomic mass is 9.80. The molecule has 4 nitrogen and oxygen atoms in total. The van der Waals surface area contributed by atoms with Gasteiger partial charge in [0.15, 0.2) is 0 Å². The van der Waals surface area contributed by atoms with Gasteiger partial charge in [0, 0.05) is 29.0 Å². The Morgan fingerprint density at radius 2 is 2.00 bits per heavy atom. The van der Waals surface area contributed by atoms with Crippen molar-refractivity contribution in [3.63, 3.8) is 0 Å². The van der Waals surface area contributed by atoms with Crippen LogP contribution in [-0.2, 0) is 4.79 Å². The van der Waals surface area contributed by atoms with Gasteiger partial charge in [-0.25, -0.2) is 0 Å². The number of carbonyl (C=O) groups is 1. The lowest BCUT2D eigenvalue weighted by molar-refractivity contribution is -0.112. The number of hydrogen-bond acceptors (Lipinski definition) is 3. The quantitative estimate of drug-likeness (QED) is 0.544. The number of rotatable bonds is 3. The topological polar surface area (TPSA) is 56.1 Å². The zero-order chi connectivity index (χ0) is 20.5. The summed E-state index contributed by atoms with van der Waals surface area (Å²) in [5.41, 5.74) is 3.66. The summed E-state index contributed by atoms with van der Waals surface area (Å²) >= 11 is 6.52. The van der Waals surface area contributed by atoms with Gasteiger partial charge in [0.05, 0.1) is 0 Å². The summed E-state index contributed by atoms with van der Waals surface area (Å²) in [6, 6.07) is 15.0. The van der Waals surface area contributed by atoms with E-state index in [2.05, 4.69) is 38.0 Å². The van der Waals surface area contributed by atoms with Crippen LogP contribution >= 0.6 is 11.6 Å². The van der Waals surface area contributed by atoms with E-state index in [-0.39, 0.29) is 11.1 Å². The number of amides is 1. The Balaban J connectivity index is 1.96. The van der Waals surface area contributed by atoms with Gasteiger partial charge in [-0.15, -0.1) is 0 Å². The lowest BCUT2D eigenvalue weighted by Gasteiger charge is -2.45. The van der Waals surface area contributed by atoms with Gasteiger partial charge >= 0.3 is 0 Å². The van der Waals surface area contributed by atoms with E-state index in [4.69, 9.17) is 11.6 Å². The molecular formula is C23H24ClN3O. The molecule has 0 bridgehead atoms. The molecule has 1 amide bonds. The summed E-state index contributed by atoms with van der Waals surface area (Å²) in [4.78, 5) is 14.7. The van der Waals surface area contributed by atoms with Crippen LogP contribution in [0.5, 0.6) is 0 Å². The molecule has 1 atom stereocenters. The highest BCUT2D eigenvalue weighted by atomic mass is 35.5. The molecule has 0 aliphatic carbocycles. The predicted octanol–water partition coefficient (Wildman–Crippen LogP) is 5.61. The van der Waals surface area contributed by atoms with Crippen LogP contribution in [0, 0.1) is 11.3 Å². The van der Waals surface area contributed by atoms with E-state index >= 15 is 0 Å². The van der Waals surface area contributed by atoms with Gasteiger partial charge in [-0.3, -0.25) is 4.79 Å². The maximum absolute atomic E-state index is 12.5. The Labute approximate surface area is 171 Å². The van der Waals surface area contributed by atoms with Crippen molar-refractivity contribution in [3.8, 4) is 6.07 Å². The van der Waals surface area contributed by atoms with E-state index < -0.39 is 5.91 Å². The molecule has 1 aliphatic heterocycles. The van der Waals surface area contributed by atoms with Crippen LogP contribution in [-0.4, -0.2) is 18.5 Å². The number of anilines is 2. The molecule has 0 unspecified atom stereocenters. The minimum atomic E-state index is -0.450. The van der Waals surface area contributed by atoms with Crippen molar-refractivity contribution in [3.05, 3.63) is 64.2 Å². The normalized spacial score (nSPS) is 18.2. The van der Waals surface area contributed by atoms with Crippen molar-refractivity contribution in [1.82, 2.24) is 0 Å². The van der Waals surface area contributed by atoms with E-state index in [1.165, 1.54) is 5.56 Å². The number of nitrogens with one attached hydrogen (secondary N) is 1. The second kappa shape index (κ2) is 7.69. The smallest absolute Gasteiger partial charge is 0.266 e. The van der Waals surface area contributed by atoms with Gasteiger partial charge in [-0.05, 0) is 67.7 Å². The van der Waals surface area contributed by atoms with Crippen molar-refractivity contribution in [2.24, 2.45) is 0 Å². The molecule has 0 radical (unpaired) electrons. The molecule has 3 rings (SSSR count). The first-order chi connectivity index (χ1) is 13.2. The van der Waals surface area contributed by atoms with E-state index in [0.29, 0.717) is 22.2 Å². The fourth-order valence-corrected chi connectivity index (χ4v) is 3.95. The number of carbonyl (C=O) groups excluding carboxylic acids is 1. The Morgan fingerprint density at radius 3 is 2.64 bits per heavy atom. The summed E-state index contributed by atoms with van der Waals surface area (Å²) < 4.78 is 0. The Morgan fingerprint density at radius 1 is 1.32 bits per heavy atom. The molecule has 0 saturated carbocycles. The molecule has 144 valence electrons. The molecule has 28 heavy (non-hydrogen) atoms. The van der Waals surface area contributed by atoms with Crippen molar-refractivity contribution in [1.29, 1.82) is 5.26 Å². The summed E-state index contributed by atoms with van der Waals surface area (Å²) in [7, 11) is 2.07. The fourth-order valence-electron chi connectivity index (χ4n) is 3.74. The van der Waals surface area contributed by atoms with E-state index in [9.17, 15) is 10.1 Å². The number of halogens is 1. The number of benzene rings is 2. The molecule has 0 fully saturated rings. The first-order valence-electron chi connectivity index (χ1n) is 9.28. The molecular weight excluding hydrogens is 370 g/mol. The fraction of sp³-hybridized carbons (Fsp3) is 0.304. The molecule has 1 aliphatic rings. The van der Waals surface area contributed by atoms with E-state index in [1.807, 2.05) is 36.4 Å². The van der Waals surface area contributed by atoms with Gasteiger partial charge in [0.2, 0.25) is 0 Å². The third kappa shape index (κ3) is 3.90. The van der Waals surface area contributed by atoms with Gasteiger partial charge in [0.1, 0.15) is 11.6 Å². The number of para-hydroxylation sites is 1. The molecule has 0 aromatic heterocycles. The average Bonchev–Trinajstić information content (AvgIpc) is 2.65. The maximum atomic E-state index is 12.5. The van der Waals surface area contributed by atoms with E-state index in [0.717, 1.165) is 12.1 Å². The lowest BCUT2D eigenvalue weighted by Crippen LogP contribution is -2.45. The number of nitriles is 1. The highest BCUT2D eigenvalue weighted by Crippen LogP contribution is 2.44. The van der Waals surface area contributed by atoms with Gasteiger partial charge in [-0.2, -0.15) is 5.26 Å². The third-order valence-electron chi connectivity index (χ3n) is 5.45. The molecule has 1 heterocycles. The monoisotopic (exact) mass is 393 g/mol. The highest BCUT2D eigenvalue weighted by Gasteiger charge is 2.34. The third-order valence-corrected chi connectivity index (χ3v) is 5.78. The van der Waals surface area contributed by atoms with Crippen LogP contribution in [0.15, 0.2) is 48.0 Å². The van der Waals surface area contributed by atoms with Crippen LogP contribution in [0.4, 0.5) is 11.4 Å². The average molecular weight is 394 g/mol. The van der Waals surface area contributed by atoms with Crippen LogP contribution in [0.1, 0.15) is 44.2 Å². The van der Waals surface area contributed by atoms with E-state index in [1.54, 1.807) is 18.2 Å². The standard InChI is InChI=1S/C23H24ClN3O/c1-15-13-23(2,3)27(4)21-12-20(24)16(11-19(15)21)10-17(14-25)22(28)26-18-8-6-5-7-9-18/h5-12,15H,13H2,1-4H3,(H,26,28)/b17-10-/t15-/m0/s1. The number of nitrogens with zero attached hydrogens (tertiary/aromatic N) is 2. The largest absolute Gasteiger partial charge is 0.369 e. The summed E-state index contributed by atoms with van der Waals surface area (Å²) in [6.07, 6.45) is 2.58. The Hall–Kier alpha value is -2.77. The maximum Gasteiger partial charge on any atom is 0.266 e. The molecule has 2 aromatic rings. The molecule has 0 spiro atoms. The predicted molar refractivity (Wildman–Crippen MR) is 116 cm³/mol. The second-order valence-electron chi connectivity index (χ2n) is 7.90. The number of fused-ring (bicyclic) bond motifs is 1. The summed E-state index contributed by atoms with van der Waals surface area (Å²) in [5, 5.41) is 12.8. The van der Waals surface area contributed by atoms with Crippen molar-refractivity contribution < 1.29 is 4.79 Å². The zero-order valence-electron chi connectivity index (χ0n) is 16.6. The highest BCUT2D eigenvalue weighted by molar-refractivity contribution is 6.32. The second-order valence-corrected chi connectivity index (χ2v) is 8.31. The van der Waals surface area contributed by atoms with Gasteiger partial charge in [-0.1, -0.05) is 36.7 Å². The Kier molecular flexibility index (Phi) is 5.49. The molecule has 0 saturated heterocycles. The minimum Gasteiger partial charge on any atom is -0.369 e. The first-order valence-corrected chi connectivity index (χ1v) is 9.66. The van der Waals surface area contributed by atoms with Crippen molar-refractivity contribution >= 4 is 35.0 Å². The molecule has 5 heteroatoms.